The van der Waals surface area contributed by atoms with E-state index in [1.807, 2.05) is 0 Å². The summed E-state index contributed by atoms with van der Waals surface area (Å²) in [6, 6.07) is 6.57. The molecule has 1 rings (SSSR count). The number of methoxy groups -OCH3 is 1. The van der Waals surface area contributed by atoms with Gasteiger partial charge in [-0.05, 0) is 24.1 Å². The van der Waals surface area contributed by atoms with Gasteiger partial charge in [0.2, 0.25) is 0 Å². The molecule has 0 unspecified atom stereocenters. The van der Waals surface area contributed by atoms with Gasteiger partial charge in [0.05, 0.1) is 15.2 Å². The van der Waals surface area contributed by atoms with E-state index in [4.69, 9.17) is 4.74 Å². The molecule has 0 bridgehead atoms. The quantitative estimate of drug-likeness (QED) is 0.552. The van der Waals surface area contributed by atoms with Crippen molar-refractivity contribution in [1.82, 2.24) is 0 Å². The molecule has 0 heterocycles. The topological polar surface area (TPSA) is 9.23 Å². The van der Waals surface area contributed by atoms with E-state index in [0.717, 1.165) is 5.75 Å². The number of hydrogen-bond acceptors (Lipinski definition) is 1. The van der Waals surface area contributed by atoms with Crippen molar-refractivity contribution in [3.8, 4) is 5.75 Å². The lowest BCUT2D eigenvalue weighted by Crippen LogP contribution is -2.50. The molecule has 0 spiro atoms. The maximum absolute atomic E-state index is 5.79. The highest BCUT2D eigenvalue weighted by atomic mass is 79.9. The third kappa shape index (κ3) is 3.25. The van der Waals surface area contributed by atoms with Gasteiger partial charge in [0.1, 0.15) is 5.75 Å². The Bertz CT molecular complexity index is 453. The molecule has 0 N–H and O–H groups in total. The lowest BCUT2D eigenvalue weighted by molar-refractivity contribution is 0.409. The average molecular weight is 343 g/mol. The summed E-state index contributed by atoms with van der Waals surface area (Å²) in [5.74, 6) is 1.07. The van der Waals surface area contributed by atoms with Gasteiger partial charge in [0, 0.05) is 9.89 Å². The van der Waals surface area contributed by atoms with Crippen molar-refractivity contribution < 1.29 is 4.74 Å². The number of benzene rings is 1. The molecule has 1 nitrogen and oxygen atoms in total. The molecule has 19 heavy (non-hydrogen) atoms. The van der Waals surface area contributed by atoms with Crippen LogP contribution in [0.25, 0.3) is 0 Å². The number of para-hydroxylation sites is 1. The van der Waals surface area contributed by atoms with Crippen molar-refractivity contribution in [2.45, 2.75) is 57.1 Å². The van der Waals surface area contributed by atoms with Crippen molar-refractivity contribution in [2.24, 2.45) is 0 Å². The van der Waals surface area contributed by atoms with Gasteiger partial charge in [0.15, 0.2) is 0 Å². The van der Waals surface area contributed by atoms with Gasteiger partial charge in [-0.2, -0.15) is 0 Å². The lowest BCUT2D eigenvalue weighted by Gasteiger charge is -2.39. The summed E-state index contributed by atoms with van der Waals surface area (Å²) in [4.78, 5) is 0. The number of rotatable bonds is 3. The standard InChI is InChI=1S/C16H27BrOSi/c1-15(2,3)19(7,8)13-11-9-10-12(14(13)18-6)16(4,5)17/h9-11H,1-8H3. The highest BCUT2D eigenvalue weighted by Crippen LogP contribution is 2.41. The third-order valence-electron chi connectivity index (χ3n) is 4.41. The predicted molar refractivity (Wildman–Crippen MR) is 91.8 cm³/mol. The molecule has 0 saturated carbocycles. The van der Waals surface area contributed by atoms with Gasteiger partial charge in [-0.25, -0.2) is 0 Å². The smallest absolute Gasteiger partial charge is 0.122 e. The van der Waals surface area contributed by atoms with Gasteiger partial charge in [0.25, 0.3) is 0 Å². The Morgan fingerprint density at radius 3 is 1.95 bits per heavy atom. The zero-order valence-corrected chi connectivity index (χ0v) is 16.1. The Labute approximate surface area is 127 Å². The summed E-state index contributed by atoms with van der Waals surface area (Å²) in [5.41, 5.74) is 1.23. The first kappa shape index (κ1) is 16.8. The van der Waals surface area contributed by atoms with E-state index in [1.54, 1.807) is 7.11 Å². The summed E-state index contributed by atoms with van der Waals surface area (Å²) >= 11 is 3.77. The first-order valence-corrected chi connectivity index (χ1v) is 10.6. The van der Waals surface area contributed by atoms with E-state index in [1.165, 1.54) is 10.8 Å². The zero-order valence-electron chi connectivity index (χ0n) is 13.5. The van der Waals surface area contributed by atoms with E-state index in [0.29, 0.717) is 5.04 Å². The molecule has 0 atom stereocenters. The second-order valence-corrected chi connectivity index (χ2v) is 14.5. The molecule has 108 valence electrons. The van der Waals surface area contributed by atoms with Gasteiger partial charge in [-0.1, -0.05) is 68.0 Å². The van der Waals surface area contributed by atoms with Crippen LogP contribution < -0.4 is 9.92 Å². The maximum atomic E-state index is 5.79. The fraction of sp³-hybridized carbons (Fsp3) is 0.625. The van der Waals surface area contributed by atoms with Crippen LogP contribution in [0.2, 0.25) is 18.1 Å². The Balaban J connectivity index is 3.55. The zero-order chi connectivity index (χ0) is 15.1. The van der Waals surface area contributed by atoms with Crippen molar-refractivity contribution in [3.63, 3.8) is 0 Å². The van der Waals surface area contributed by atoms with E-state index in [9.17, 15) is 0 Å². The molecule has 1 aromatic rings. The maximum Gasteiger partial charge on any atom is 0.122 e. The first-order chi connectivity index (χ1) is 8.43. The first-order valence-electron chi connectivity index (χ1n) is 6.80. The predicted octanol–water partition coefficient (Wildman–Crippen LogP) is 5.04. The van der Waals surface area contributed by atoms with Gasteiger partial charge >= 0.3 is 0 Å². The summed E-state index contributed by atoms with van der Waals surface area (Å²) in [7, 11) is 0.183. The third-order valence-corrected chi connectivity index (χ3v) is 10.3. The van der Waals surface area contributed by atoms with Crippen LogP contribution in [0.4, 0.5) is 0 Å². The lowest BCUT2D eigenvalue weighted by atomic mass is 10.0. The second-order valence-electron chi connectivity index (χ2n) is 7.23. The van der Waals surface area contributed by atoms with Crippen LogP contribution in [0.3, 0.4) is 0 Å². The minimum absolute atomic E-state index is 0.0727. The van der Waals surface area contributed by atoms with E-state index < -0.39 is 8.07 Å². The monoisotopic (exact) mass is 342 g/mol. The van der Waals surface area contributed by atoms with E-state index in [-0.39, 0.29) is 4.32 Å². The Morgan fingerprint density at radius 2 is 1.58 bits per heavy atom. The minimum atomic E-state index is -1.60. The summed E-state index contributed by atoms with van der Waals surface area (Å²) in [6.45, 7) is 16.2. The van der Waals surface area contributed by atoms with Gasteiger partial charge in [-0.3, -0.25) is 0 Å². The molecule has 0 fully saturated rings. The van der Waals surface area contributed by atoms with Crippen LogP contribution >= 0.6 is 15.9 Å². The van der Waals surface area contributed by atoms with E-state index in [2.05, 4.69) is 81.8 Å². The van der Waals surface area contributed by atoms with Crippen LogP contribution in [0, 0.1) is 0 Å². The molecule has 1 aromatic carbocycles. The number of ether oxygens (including phenoxy) is 1. The van der Waals surface area contributed by atoms with Gasteiger partial charge in [-0.15, -0.1) is 0 Å². The van der Waals surface area contributed by atoms with Crippen molar-refractivity contribution in [2.75, 3.05) is 7.11 Å². The number of hydrogen-bond donors (Lipinski definition) is 0. The largest absolute Gasteiger partial charge is 0.497 e. The van der Waals surface area contributed by atoms with E-state index >= 15 is 0 Å². The molecule has 0 radical (unpaired) electrons. The Morgan fingerprint density at radius 1 is 1.05 bits per heavy atom. The van der Waals surface area contributed by atoms with Crippen LogP contribution in [-0.4, -0.2) is 15.2 Å². The molecule has 3 heteroatoms. The van der Waals surface area contributed by atoms with Crippen molar-refractivity contribution in [1.29, 1.82) is 0 Å². The highest BCUT2D eigenvalue weighted by molar-refractivity contribution is 9.09. The van der Waals surface area contributed by atoms with Crippen LogP contribution in [-0.2, 0) is 4.32 Å². The molecule has 0 amide bonds. The molecule has 0 aromatic heterocycles. The molecule has 0 aliphatic carbocycles. The summed E-state index contributed by atoms with van der Waals surface area (Å²) < 4.78 is 5.72. The highest BCUT2D eigenvalue weighted by Gasteiger charge is 2.40. The number of halogens is 1. The Hall–Kier alpha value is -0.283. The molecular formula is C16H27BrOSi. The second kappa shape index (κ2) is 5.25. The fourth-order valence-electron chi connectivity index (χ4n) is 2.12. The molecule has 0 aliphatic heterocycles. The van der Waals surface area contributed by atoms with Crippen LogP contribution in [0.1, 0.15) is 40.2 Å². The van der Waals surface area contributed by atoms with Crippen molar-refractivity contribution in [3.05, 3.63) is 23.8 Å². The Kier molecular flexibility index (Phi) is 4.63. The van der Waals surface area contributed by atoms with Gasteiger partial charge < -0.3 is 4.74 Å². The molecular weight excluding hydrogens is 316 g/mol. The van der Waals surface area contributed by atoms with Crippen LogP contribution in [0.15, 0.2) is 18.2 Å². The summed E-state index contributed by atoms with van der Waals surface area (Å²) in [5, 5.41) is 1.71. The minimum Gasteiger partial charge on any atom is -0.497 e. The fourth-order valence-corrected chi connectivity index (χ4v) is 4.56. The summed E-state index contributed by atoms with van der Waals surface area (Å²) in [6.07, 6.45) is 0. The SMILES string of the molecule is COc1c(C(C)(C)Br)cccc1[Si](C)(C)C(C)(C)C. The average Bonchev–Trinajstić information content (AvgIpc) is 2.25. The number of alkyl halides is 1. The normalized spacial score (nSPS) is 13.5. The molecule has 0 aliphatic rings. The van der Waals surface area contributed by atoms with Crippen molar-refractivity contribution >= 4 is 29.2 Å². The molecule has 0 saturated heterocycles. The van der Waals surface area contributed by atoms with Crippen LogP contribution in [0.5, 0.6) is 5.75 Å².